The zero-order valence-corrected chi connectivity index (χ0v) is 13.8. The van der Waals surface area contributed by atoms with Gasteiger partial charge in [0.25, 0.3) is 5.91 Å². The molecular formula is C17H17ClN2O4. The smallest absolute Gasteiger partial charge is 0.262 e. The van der Waals surface area contributed by atoms with Crippen LogP contribution in [0.15, 0.2) is 47.6 Å². The van der Waals surface area contributed by atoms with E-state index in [-0.39, 0.29) is 23.3 Å². The molecule has 0 spiro atoms. The van der Waals surface area contributed by atoms with Crippen molar-refractivity contribution >= 4 is 29.4 Å². The lowest BCUT2D eigenvalue weighted by molar-refractivity contribution is -0.118. The number of rotatable bonds is 7. The van der Waals surface area contributed by atoms with E-state index < -0.39 is 0 Å². The lowest BCUT2D eigenvalue weighted by atomic mass is 10.2. The van der Waals surface area contributed by atoms with Crippen molar-refractivity contribution in [2.45, 2.75) is 6.92 Å². The third kappa shape index (κ3) is 4.89. The first-order chi connectivity index (χ1) is 11.6. The van der Waals surface area contributed by atoms with Crippen LogP contribution in [0.25, 0.3) is 0 Å². The predicted octanol–water partition coefficient (Wildman–Crippen LogP) is 3.56. The van der Waals surface area contributed by atoms with E-state index in [0.717, 1.165) is 0 Å². The van der Waals surface area contributed by atoms with Gasteiger partial charge in [-0.2, -0.15) is 0 Å². The summed E-state index contributed by atoms with van der Waals surface area (Å²) in [7, 11) is 0. The van der Waals surface area contributed by atoms with Crippen molar-refractivity contribution in [1.29, 1.82) is 0 Å². The number of anilines is 1. The molecule has 0 aromatic heterocycles. The Morgan fingerprint density at radius 3 is 2.71 bits per heavy atom. The molecule has 0 fully saturated rings. The van der Waals surface area contributed by atoms with E-state index in [2.05, 4.69) is 10.5 Å². The number of para-hydroxylation sites is 1. The molecule has 0 unspecified atom stereocenters. The molecule has 2 rings (SSSR count). The number of oxime groups is 1. The Bertz CT molecular complexity index is 720. The number of hydrogen-bond donors (Lipinski definition) is 2. The fraction of sp³-hybridized carbons (Fsp3) is 0.176. The molecule has 2 aromatic carbocycles. The summed E-state index contributed by atoms with van der Waals surface area (Å²) in [5.41, 5.74) is 1.23. The molecule has 0 saturated heterocycles. The Kier molecular flexibility index (Phi) is 6.45. The maximum Gasteiger partial charge on any atom is 0.262 e. The highest BCUT2D eigenvalue weighted by Crippen LogP contribution is 2.36. The molecule has 0 aliphatic carbocycles. The van der Waals surface area contributed by atoms with Gasteiger partial charge in [0.2, 0.25) is 0 Å². The van der Waals surface area contributed by atoms with E-state index >= 15 is 0 Å². The van der Waals surface area contributed by atoms with Gasteiger partial charge in [0, 0.05) is 11.3 Å². The van der Waals surface area contributed by atoms with E-state index in [0.29, 0.717) is 23.6 Å². The van der Waals surface area contributed by atoms with Gasteiger partial charge >= 0.3 is 0 Å². The van der Waals surface area contributed by atoms with Gasteiger partial charge in [-0.25, -0.2) is 0 Å². The van der Waals surface area contributed by atoms with E-state index in [1.54, 1.807) is 24.3 Å². The Morgan fingerprint density at radius 2 is 2.04 bits per heavy atom. The van der Waals surface area contributed by atoms with Gasteiger partial charge in [-0.3, -0.25) is 4.79 Å². The van der Waals surface area contributed by atoms with E-state index in [9.17, 15) is 4.79 Å². The molecule has 7 heteroatoms. The van der Waals surface area contributed by atoms with Crippen molar-refractivity contribution in [2.24, 2.45) is 5.16 Å². The summed E-state index contributed by atoms with van der Waals surface area (Å²) >= 11 is 6.17. The molecule has 0 aliphatic rings. The van der Waals surface area contributed by atoms with Crippen molar-refractivity contribution < 1.29 is 19.5 Å². The van der Waals surface area contributed by atoms with Crippen LogP contribution in [-0.4, -0.2) is 30.5 Å². The van der Waals surface area contributed by atoms with Crippen LogP contribution in [-0.2, 0) is 4.79 Å². The van der Waals surface area contributed by atoms with Crippen LogP contribution < -0.4 is 14.8 Å². The molecule has 1 amide bonds. The van der Waals surface area contributed by atoms with Crippen molar-refractivity contribution in [3.05, 3.63) is 53.1 Å². The number of carbonyl (C=O) groups excluding carboxylic acids is 1. The number of amides is 1. The van der Waals surface area contributed by atoms with Gasteiger partial charge < -0.3 is 20.0 Å². The zero-order chi connectivity index (χ0) is 17.4. The Balaban J connectivity index is 2.09. The molecular weight excluding hydrogens is 332 g/mol. The summed E-state index contributed by atoms with van der Waals surface area (Å²) in [5.74, 6) is 0.310. The summed E-state index contributed by atoms with van der Waals surface area (Å²) in [6, 6.07) is 12.2. The minimum atomic E-state index is -0.319. The van der Waals surface area contributed by atoms with Crippen molar-refractivity contribution in [2.75, 3.05) is 18.5 Å². The first-order valence-corrected chi connectivity index (χ1v) is 7.63. The van der Waals surface area contributed by atoms with Crippen molar-refractivity contribution in [1.82, 2.24) is 0 Å². The van der Waals surface area contributed by atoms with E-state index in [4.69, 9.17) is 26.3 Å². The molecule has 2 aromatic rings. The average molecular weight is 349 g/mol. The molecule has 0 radical (unpaired) electrons. The van der Waals surface area contributed by atoms with Gasteiger partial charge in [-0.15, -0.1) is 0 Å². The van der Waals surface area contributed by atoms with Crippen LogP contribution in [0.4, 0.5) is 5.69 Å². The first-order valence-electron chi connectivity index (χ1n) is 7.25. The second kappa shape index (κ2) is 8.79. The maximum absolute atomic E-state index is 12.0. The van der Waals surface area contributed by atoms with Gasteiger partial charge in [-0.1, -0.05) is 35.0 Å². The minimum absolute atomic E-state index is 0.220. The molecule has 0 aliphatic heterocycles. The van der Waals surface area contributed by atoms with Gasteiger partial charge in [0.1, 0.15) is 0 Å². The average Bonchev–Trinajstić information content (AvgIpc) is 2.55. The van der Waals surface area contributed by atoms with Crippen LogP contribution in [0.5, 0.6) is 11.5 Å². The quantitative estimate of drug-likeness (QED) is 0.455. The highest BCUT2D eigenvalue weighted by Gasteiger charge is 2.14. The summed E-state index contributed by atoms with van der Waals surface area (Å²) in [5, 5.41) is 14.5. The minimum Gasteiger partial charge on any atom is -0.490 e. The molecule has 6 nitrogen and oxygen atoms in total. The van der Waals surface area contributed by atoms with Gasteiger partial charge in [-0.05, 0) is 31.2 Å². The zero-order valence-electron chi connectivity index (χ0n) is 13.0. The van der Waals surface area contributed by atoms with Crippen molar-refractivity contribution in [3.8, 4) is 11.5 Å². The molecule has 2 N–H and O–H groups in total. The van der Waals surface area contributed by atoms with Gasteiger partial charge in [0.05, 0.1) is 17.8 Å². The molecule has 0 saturated carbocycles. The number of halogens is 1. The van der Waals surface area contributed by atoms with E-state index in [1.165, 1.54) is 6.21 Å². The van der Waals surface area contributed by atoms with Crippen molar-refractivity contribution in [3.63, 3.8) is 0 Å². The number of hydrogen-bond acceptors (Lipinski definition) is 5. The predicted molar refractivity (Wildman–Crippen MR) is 92.6 cm³/mol. The number of ether oxygens (including phenoxy) is 2. The Labute approximate surface area is 144 Å². The summed E-state index contributed by atoms with van der Waals surface area (Å²) in [6.45, 7) is 1.98. The lowest BCUT2D eigenvalue weighted by Crippen LogP contribution is -2.20. The first kappa shape index (κ1) is 17.6. The number of nitrogens with one attached hydrogen (secondary N) is 1. The highest BCUT2D eigenvalue weighted by molar-refractivity contribution is 6.32. The lowest BCUT2D eigenvalue weighted by Gasteiger charge is -2.14. The molecule has 0 atom stereocenters. The molecule has 126 valence electrons. The second-order valence-corrected chi connectivity index (χ2v) is 5.12. The number of nitrogens with zero attached hydrogens (tertiary/aromatic N) is 1. The number of carbonyl (C=O) groups is 1. The standard InChI is InChI=1S/C17H17ClN2O4/c1-2-23-15-9-12(10-19-22)8-14(18)17(15)24-11-16(21)20-13-6-4-3-5-7-13/h3-10,22H,2,11H2,1H3,(H,20,21)/b19-10-. The SMILES string of the molecule is CCOc1cc(/C=N\O)cc(Cl)c1OCC(=O)Nc1ccccc1. The van der Waals surface area contributed by atoms with Gasteiger partial charge in [0.15, 0.2) is 18.1 Å². The topological polar surface area (TPSA) is 80.2 Å². The van der Waals surface area contributed by atoms with Crippen LogP contribution in [0, 0.1) is 0 Å². The van der Waals surface area contributed by atoms with Crippen LogP contribution in [0.2, 0.25) is 5.02 Å². The van der Waals surface area contributed by atoms with E-state index in [1.807, 2.05) is 25.1 Å². The maximum atomic E-state index is 12.0. The van der Waals surface area contributed by atoms with Crippen LogP contribution in [0.3, 0.4) is 0 Å². The Morgan fingerprint density at radius 1 is 1.29 bits per heavy atom. The Hall–Kier alpha value is -2.73. The normalized spacial score (nSPS) is 10.6. The third-order valence-corrected chi connectivity index (χ3v) is 3.22. The molecule has 0 heterocycles. The number of benzene rings is 2. The largest absolute Gasteiger partial charge is 0.490 e. The monoisotopic (exact) mass is 348 g/mol. The summed E-state index contributed by atoms with van der Waals surface area (Å²) < 4.78 is 11.0. The fourth-order valence-corrected chi connectivity index (χ4v) is 2.26. The molecule has 24 heavy (non-hydrogen) atoms. The third-order valence-electron chi connectivity index (χ3n) is 2.94. The summed E-state index contributed by atoms with van der Waals surface area (Å²) in [6.07, 6.45) is 1.22. The van der Waals surface area contributed by atoms with Crippen LogP contribution >= 0.6 is 11.6 Å². The second-order valence-electron chi connectivity index (χ2n) is 4.71. The van der Waals surface area contributed by atoms with Crippen LogP contribution in [0.1, 0.15) is 12.5 Å². The molecule has 0 bridgehead atoms. The summed E-state index contributed by atoms with van der Waals surface area (Å²) in [4.78, 5) is 12.0. The fourth-order valence-electron chi connectivity index (χ4n) is 1.99. The highest BCUT2D eigenvalue weighted by atomic mass is 35.5.